The second kappa shape index (κ2) is 15.5. The highest BCUT2D eigenvalue weighted by atomic mass is 19.1. The van der Waals surface area contributed by atoms with E-state index in [1.807, 2.05) is 26.1 Å². The van der Waals surface area contributed by atoms with Gasteiger partial charge in [0.25, 0.3) is 0 Å². The zero-order valence-corrected chi connectivity index (χ0v) is 22.7. The van der Waals surface area contributed by atoms with Crippen LogP contribution in [0.15, 0.2) is 64.3 Å². The van der Waals surface area contributed by atoms with Gasteiger partial charge in [-0.2, -0.15) is 0 Å². The third-order valence-corrected chi connectivity index (χ3v) is 6.89. The number of hydrogen-bond donors (Lipinski definition) is 1. The lowest BCUT2D eigenvalue weighted by Gasteiger charge is -2.17. The molecule has 1 aliphatic rings. The van der Waals surface area contributed by atoms with Crippen LogP contribution >= 0.6 is 0 Å². The molecule has 1 aromatic carbocycles. The number of benzene rings is 1. The van der Waals surface area contributed by atoms with Gasteiger partial charge in [-0.05, 0) is 93.9 Å². The number of amidine groups is 1. The number of nitrogens with zero attached hydrogens (tertiary/aromatic N) is 2. The molecule has 0 aromatic heterocycles. The molecule has 0 bridgehead atoms. The van der Waals surface area contributed by atoms with Crippen LogP contribution < -0.4 is 5.32 Å². The van der Waals surface area contributed by atoms with Gasteiger partial charge in [-0.15, -0.1) is 0 Å². The molecule has 3 nitrogen and oxygen atoms in total. The summed E-state index contributed by atoms with van der Waals surface area (Å²) in [7, 11) is 0. The Kier molecular flexibility index (Phi) is 12.7. The van der Waals surface area contributed by atoms with Gasteiger partial charge in [0.05, 0.1) is 17.6 Å². The molecule has 192 valence electrons. The van der Waals surface area contributed by atoms with Crippen LogP contribution in [0.1, 0.15) is 104 Å². The van der Waals surface area contributed by atoms with Gasteiger partial charge in [0.15, 0.2) is 0 Å². The van der Waals surface area contributed by atoms with Crippen LogP contribution in [0.5, 0.6) is 0 Å². The van der Waals surface area contributed by atoms with Crippen molar-refractivity contribution in [3.05, 3.63) is 65.6 Å². The molecule has 1 fully saturated rings. The number of aliphatic imine (C=N–C) groups is 2. The summed E-state index contributed by atoms with van der Waals surface area (Å²) in [6.45, 7) is 14.9. The first-order valence-electron chi connectivity index (χ1n) is 13.5. The average Bonchev–Trinajstić information content (AvgIpc) is 3.11. The van der Waals surface area contributed by atoms with Gasteiger partial charge in [-0.1, -0.05) is 59.0 Å². The van der Waals surface area contributed by atoms with E-state index in [4.69, 9.17) is 9.98 Å². The molecule has 0 saturated heterocycles. The lowest BCUT2D eigenvalue weighted by atomic mass is 9.93. The average molecular weight is 480 g/mol. The fraction of sp³-hybridized carbons (Fsp3) is 0.548. The Morgan fingerprint density at radius 2 is 1.63 bits per heavy atom. The first kappa shape index (κ1) is 28.7. The molecule has 0 unspecified atom stereocenters. The fourth-order valence-electron chi connectivity index (χ4n) is 4.74. The summed E-state index contributed by atoms with van der Waals surface area (Å²) in [6, 6.07) is 7.04. The van der Waals surface area contributed by atoms with E-state index in [1.54, 1.807) is 12.1 Å². The molecular formula is C31H46FN3. The van der Waals surface area contributed by atoms with Crippen LogP contribution in [0.4, 0.5) is 4.39 Å². The molecule has 1 aromatic rings. The molecule has 0 spiro atoms. The van der Waals surface area contributed by atoms with Crippen LogP contribution in [0, 0.1) is 11.7 Å². The lowest BCUT2D eigenvalue weighted by Crippen LogP contribution is -2.17. The zero-order valence-electron chi connectivity index (χ0n) is 22.7. The Morgan fingerprint density at radius 3 is 2.20 bits per heavy atom. The molecule has 1 N–H and O–H groups in total. The van der Waals surface area contributed by atoms with Crippen molar-refractivity contribution in [2.45, 2.75) is 105 Å². The Bertz CT molecular complexity index is 907. The summed E-state index contributed by atoms with van der Waals surface area (Å²) in [5.74, 6) is 1.16. The van der Waals surface area contributed by atoms with Gasteiger partial charge in [0.2, 0.25) is 0 Å². The number of halogens is 1. The monoisotopic (exact) mass is 479 g/mol. The van der Waals surface area contributed by atoms with Gasteiger partial charge in [0.1, 0.15) is 5.82 Å². The van der Waals surface area contributed by atoms with Crippen molar-refractivity contribution >= 4 is 17.2 Å². The maximum absolute atomic E-state index is 13.6. The third kappa shape index (κ3) is 9.95. The van der Waals surface area contributed by atoms with Gasteiger partial charge in [-0.25, -0.2) is 4.39 Å². The molecule has 0 heterocycles. The SMILES string of the molecule is C=C(/C=C\NC(C)=NC1CCCCCC1)/C(C)=C(/N=C(C)C(CCC)CCC)c1ccc(F)cc1. The standard InChI is InChI=1S/C31H46FN3/c1-7-13-27(14-8-2)25(5)34-31(28-17-19-29(32)20-18-28)24(4)23(3)21-22-33-26(6)35-30-15-11-9-10-12-16-30/h17-22,27,30H,3,7-16H2,1-2,4-6H3,(H,33,35)/b22-21-,31-24+,34-25?. The molecule has 1 aliphatic carbocycles. The molecule has 1 saturated carbocycles. The largest absolute Gasteiger partial charge is 0.351 e. The van der Waals surface area contributed by atoms with E-state index in [2.05, 4.69) is 32.7 Å². The number of hydrogen-bond acceptors (Lipinski definition) is 2. The zero-order chi connectivity index (χ0) is 25.6. The first-order chi connectivity index (χ1) is 16.8. The van der Waals surface area contributed by atoms with Gasteiger partial charge < -0.3 is 5.32 Å². The van der Waals surface area contributed by atoms with Crippen LogP contribution in [0.25, 0.3) is 5.70 Å². The van der Waals surface area contributed by atoms with E-state index in [0.717, 1.165) is 59.6 Å². The van der Waals surface area contributed by atoms with Crippen LogP contribution in [-0.4, -0.2) is 17.6 Å². The van der Waals surface area contributed by atoms with Gasteiger partial charge in [-0.3, -0.25) is 9.98 Å². The van der Waals surface area contributed by atoms with Crippen LogP contribution in [0.3, 0.4) is 0 Å². The van der Waals surface area contributed by atoms with Gasteiger partial charge in [0, 0.05) is 17.5 Å². The summed E-state index contributed by atoms with van der Waals surface area (Å²) in [6.07, 6.45) is 16.0. The highest BCUT2D eigenvalue weighted by molar-refractivity contribution is 5.91. The molecule has 0 atom stereocenters. The van der Waals surface area contributed by atoms with Crippen molar-refractivity contribution in [1.29, 1.82) is 0 Å². The quantitative estimate of drug-likeness (QED) is 0.146. The fourth-order valence-corrected chi connectivity index (χ4v) is 4.74. The van der Waals surface area contributed by atoms with Crippen molar-refractivity contribution in [3.8, 4) is 0 Å². The molecule has 0 aliphatic heterocycles. The summed E-state index contributed by atoms with van der Waals surface area (Å²) in [5, 5.41) is 3.32. The number of allylic oxidation sites excluding steroid dienone is 3. The van der Waals surface area contributed by atoms with Crippen molar-refractivity contribution in [2.24, 2.45) is 15.9 Å². The molecule has 0 radical (unpaired) electrons. The van der Waals surface area contributed by atoms with E-state index in [-0.39, 0.29) is 5.82 Å². The Hall–Kier alpha value is -2.49. The summed E-state index contributed by atoms with van der Waals surface area (Å²) < 4.78 is 13.6. The molecular weight excluding hydrogens is 433 g/mol. The van der Waals surface area contributed by atoms with Crippen LogP contribution in [0.2, 0.25) is 0 Å². The second-order valence-electron chi connectivity index (χ2n) is 9.87. The summed E-state index contributed by atoms with van der Waals surface area (Å²) >= 11 is 0. The minimum absolute atomic E-state index is 0.243. The highest BCUT2D eigenvalue weighted by Gasteiger charge is 2.14. The summed E-state index contributed by atoms with van der Waals surface area (Å²) in [4.78, 5) is 9.98. The Labute approximate surface area is 213 Å². The topological polar surface area (TPSA) is 36.8 Å². The van der Waals surface area contributed by atoms with Crippen molar-refractivity contribution in [3.63, 3.8) is 0 Å². The van der Waals surface area contributed by atoms with E-state index in [0.29, 0.717) is 12.0 Å². The second-order valence-corrected chi connectivity index (χ2v) is 9.87. The van der Waals surface area contributed by atoms with E-state index in [9.17, 15) is 4.39 Å². The molecule has 4 heteroatoms. The molecule has 2 rings (SSSR count). The van der Waals surface area contributed by atoms with Gasteiger partial charge >= 0.3 is 0 Å². The van der Waals surface area contributed by atoms with E-state index < -0.39 is 0 Å². The molecule has 0 amide bonds. The number of nitrogens with one attached hydrogen (secondary N) is 1. The maximum Gasteiger partial charge on any atom is 0.123 e. The van der Waals surface area contributed by atoms with Crippen LogP contribution in [-0.2, 0) is 0 Å². The first-order valence-corrected chi connectivity index (χ1v) is 13.5. The minimum Gasteiger partial charge on any atom is -0.351 e. The third-order valence-electron chi connectivity index (χ3n) is 6.89. The predicted octanol–water partition coefficient (Wildman–Crippen LogP) is 9.03. The Morgan fingerprint density at radius 1 is 1.03 bits per heavy atom. The lowest BCUT2D eigenvalue weighted by molar-refractivity contribution is 0.557. The minimum atomic E-state index is -0.243. The van der Waals surface area contributed by atoms with Crippen molar-refractivity contribution < 1.29 is 4.39 Å². The maximum atomic E-state index is 13.6. The highest BCUT2D eigenvalue weighted by Crippen LogP contribution is 2.27. The summed E-state index contributed by atoms with van der Waals surface area (Å²) in [5.41, 5.74) is 4.76. The van der Waals surface area contributed by atoms with E-state index >= 15 is 0 Å². The number of rotatable bonds is 11. The van der Waals surface area contributed by atoms with E-state index in [1.165, 1.54) is 50.7 Å². The Balaban J connectivity index is 2.25. The smallest absolute Gasteiger partial charge is 0.123 e. The van der Waals surface area contributed by atoms with Crippen molar-refractivity contribution in [1.82, 2.24) is 5.32 Å². The molecule has 35 heavy (non-hydrogen) atoms. The van der Waals surface area contributed by atoms with Crippen molar-refractivity contribution in [2.75, 3.05) is 0 Å². The normalized spacial score (nSPS) is 17.0. The predicted molar refractivity (Wildman–Crippen MR) is 151 cm³/mol.